The third-order valence-corrected chi connectivity index (χ3v) is 8.03. The fourth-order valence-electron chi connectivity index (χ4n) is 1.23. The molecule has 0 amide bonds. The zero-order chi connectivity index (χ0) is 14.0. The van der Waals surface area contributed by atoms with Crippen molar-refractivity contribution in [2.24, 2.45) is 0 Å². The van der Waals surface area contributed by atoms with Crippen molar-refractivity contribution in [1.82, 2.24) is 4.98 Å². The molecule has 0 bridgehead atoms. The molecule has 0 saturated heterocycles. The van der Waals surface area contributed by atoms with Crippen LogP contribution in [0.25, 0.3) is 0 Å². The van der Waals surface area contributed by atoms with Crippen molar-refractivity contribution in [3.63, 3.8) is 0 Å². The smallest absolute Gasteiger partial charge is 0.192 e. The second-order valence-electron chi connectivity index (χ2n) is 6.12. The Morgan fingerprint density at radius 3 is 2.44 bits per heavy atom. The summed E-state index contributed by atoms with van der Waals surface area (Å²) in [5.41, 5.74) is 1.33. The molecule has 0 aliphatic heterocycles. The number of carbonyl (C=O) groups excluding carboxylic acids is 1. The third kappa shape index (κ3) is 3.75. The number of carbonyl (C=O) groups is 1. The molecule has 0 aromatic carbocycles. The van der Waals surface area contributed by atoms with Crippen molar-refractivity contribution in [1.29, 1.82) is 0 Å². The lowest BCUT2D eigenvalue weighted by molar-refractivity contribution is 0.101. The molecular weight excluding hydrogens is 242 g/mol. The topological polar surface area (TPSA) is 39.2 Å². The lowest BCUT2D eigenvalue weighted by Gasteiger charge is -2.36. The monoisotopic (exact) mass is 265 g/mol. The third-order valence-electron chi connectivity index (χ3n) is 3.55. The van der Waals surface area contributed by atoms with E-state index >= 15 is 0 Å². The normalized spacial score (nSPS) is 12.6. The largest absolute Gasteiger partial charge is 0.411 e. The van der Waals surface area contributed by atoms with Crippen LogP contribution in [0.3, 0.4) is 0 Å². The molecule has 4 heteroatoms. The van der Waals surface area contributed by atoms with Crippen LogP contribution in [0.4, 0.5) is 0 Å². The number of nitrogens with zero attached hydrogens (tertiary/aromatic N) is 1. The first kappa shape index (κ1) is 15.1. The number of Topliss-reactive ketones (excluding diaryl/α,β-unsaturated/α-hetero) is 1. The summed E-state index contributed by atoms with van der Waals surface area (Å²) in [6.45, 7) is 13.1. The Kier molecular flexibility index (Phi) is 4.45. The standard InChI is InChI=1S/C14H23NO2Si/c1-11(16)13-9-7-8-12(15-13)10-17-18(5,6)14(2,3)4/h7-9H,10H2,1-6H3. The van der Waals surface area contributed by atoms with Gasteiger partial charge in [-0.1, -0.05) is 26.8 Å². The molecule has 0 unspecified atom stereocenters. The predicted octanol–water partition coefficient (Wildman–Crippen LogP) is 3.81. The van der Waals surface area contributed by atoms with E-state index in [1.165, 1.54) is 6.92 Å². The van der Waals surface area contributed by atoms with Crippen LogP contribution in [0.15, 0.2) is 18.2 Å². The van der Waals surface area contributed by atoms with Crippen LogP contribution in [0.2, 0.25) is 18.1 Å². The second kappa shape index (κ2) is 5.32. The first-order chi connectivity index (χ1) is 8.13. The minimum Gasteiger partial charge on any atom is -0.411 e. The molecule has 1 heterocycles. The van der Waals surface area contributed by atoms with Gasteiger partial charge in [-0.15, -0.1) is 0 Å². The van der Waals surface area contributed by atoms with Gasteiger partial charge < -0.3 is 4.43 Å². The Balaban J connectivity index is 2.75. The number of hydrogen-bond acceptors (Lipinski definition) is 3. The molecule has 100 valence electrons. The van der Waals surface area contributed by atoms with Gasteiger partial charge in [0.05, 0.1) is 12.3 Å². The van der Waals surface area contributed by atoms with E-state index in [1.54, 1.807) is 6.07 Å². The van der Waals surface area contributed by atoms with Crippen molar-refractivity contribution in [2.45, 2.75) is 52.4 Å². The number of aromatic nitrogens is 1. The minimum absolute atomic E-state index is 0.0100. The predicted molar refractivity (Wildman–Crippen MR) is 76.2 cm³/mol. The molecular formula is C14H23NO2Si. The second-order valence-corrected chi connectivity index (χ2v) is 10.9. The van der Waals surface area contributed by atoms with Crippen molar-refractivity contribution >= 4 is 14.1 Å². The van der Waals surface area contributed by atoms with E-state index < -0.39 is 8.32 Å². The highest BCUT2D eigenvalue weighted by Crippen LogP contribution is 2.36. The van der Waals surface area contributed by atoms with Crippen molar-refractivity contribution in [2.75, 3.05) is 0 Å². The van der Waals surface area contributed by atoms with Gasteiger partial charge in [-0.05, 0) is 30.3 Å². The molecule has 0 fully saturated rings. The Morgan fingerprint density at radius 2 is 1.94 bits per heavy atom. The van der Waals surface area contributed by atoms with E-state index in [4.69, 9.17) is 4.43 Å². The zero-order valence-electron chi connectivity index (χ0n) is 12.2. The van der Waals surface area contributed by atoms with Gasteiger partial charge in [-0.3, -0.25) is 4.79 Å². The van der Waals surface area contributed by atoms with Crippen LogP contribution >= 0.6 is 0 Å². The first-order valence-corrected chi connectivity index (χ1v) is 9.15. The number of hydrogen-bond donors (Lipinski definition) is 0. The highest BCUT2D eigenvalue weighted by Gasteiger charge is 2.37. The van der Waals surface area contributed by atoms with E-state index in [0.717, 1.165) is 5.69 Å². The summed E-state index contributed by atoms with van der Waals surface area (Å²) < 4.78 is 6.08. The average molecular weight is 265 g/mol. The first-order valence-electron chi connectivity index (χ1n) is 6.24. The molecule has 0 aliphatic rings. The van der Waals surface area contributed by atoms with Crippen LogP contribution in [0.1, 0.15) is 43.9 Å². The summed E-state index contributed by atoms with van der Waals surface area (Å²) in [5, 5.41) is 0.186. The molecule has 1 rings (SSSR count). The van der Waals surface area contributed by atoms with Crippen molar-refractivity contribution in [3.8, 4) is 0 Å². The number of rotatable bonds is 4. The Labute approximate surface area is 111 Å². The van der Waals surface area contributed by atoms with E-state index in [-0.39, 0.29) is 10.8 Å². The van der Waals surface area contributed by atoms with Gasteiger partial charge in [-0.25, -0.2) is 4.98 Å². The number of ketones is 1. The summed E-state index contributed by atoms with van der Waals surface area (Å²) in [4.78, 5) is 15.6. The van der Waals surface area contributed by atoms with Crippen LogP contribution < -0.4 is 0 Å². The van der Waals surface area contributed by atoms with Gasteiger partial charge in [0, 0.05) is 6.92 Å². The van der Waals surface area contributed by atoms with Crippen LogP contribution in [0, 0.1) is 0 Å². The molecule has 1 aromatic rings. The minimum atomic E-state index is -1.76. The van der Waals surface area contributed by atoms with Crippen molar-refractivity contribution < 1.29 is 9.22 Å². The highest BCUT2D eigenvalue weighted by atomic mass is 28.4. The molecule has 3 nitrogen and oxygen atoms in total. The van der Waals surface area contributed by atoms with E-state index in [0.29, 0.717) is 12.3 Å². The SMILES string of the molecule is CC(=O)c1cccc(CO[Si](C)(C)C(C)(C)C)n1. The maximum atomic E-state index is 11.3. The molecule has 0 saturated carbocycles. The van der Waals surface area contributed by atoms with Crippen LogP contribution in [0.5, 0.6) is 0 Å². The molecule has 18 heavy (non-hydrogen) atoms. The van der Waals surface area contributed by atoms with Crippen LogP contribution in [-0.4, -0.2) is 19.1 Å². The number of pyridine rings is 1. The van der Waals surface area contributed by atoms with Gasteiger partial charge >= 0.3 is 0 Å². The maximum Gasteiger partial charge on any atom is 0.192 e. The molecule has 0 atom stereocenters. The summed E-state index contributed by atoms with van der Waals surface area (Å²) >= 11 is 0. The zero-order valence-corrected chi connectivity index (χ0v) is 13.2. The van der Waals surface area contributed by atoms with Gasteiger partial charge in [0.1, 0.15) is 5.69 Å². The molecule has 0 spiro atoms. The van der Waals surface area contributed by atoms with Gasteiger partial charge in [0.2, 0.25) is 0 Å². The summed E-state index contributed by atoms with van der Waals surface area (Å²) in [7, 11) is -1.76. The maximum absolute atomic E-state index is 11.3. The van der Waals surface area contributed by atoms with Crippen LogP contribution in [-0.2, 0) is 11.0 Å². The quantitative estimate of drug-likeness (QED) is 0.614. The molecule has 0 radical (unpaired) electrons. The fraction of sp³-hybridized carbons (Fsp3) is 0.571. The van der Waals surface area contributed by atoms with E-state index in [1.807, 2.05) is 12.1 Å². The summed E-state index contributed by atoms with van der Waals surface area (Å²) in [6, 6.07) is 5.49. The fourth-order valence-corrected chi connectivity index (χ4v) is 2.17. The highest BCUT2D eigenvalue weighted by molar-refractivity contribution is 6.74. The lowest BCUT2D eigenvalue weighted by Crippen LogP contribution is -2.40. The molecule has 0 aliphatic carbocycles. The summed E-state index contributed by atoms with van der Waals surface area (Å²) in [6.07, 6.45) is 0. The molecule has 1 aromatic heterocycles. The lowest BCUT2D eigenvalue weighted by atomic mass is 10.2. The summed E-state index contributed by atoms with van der Waals surface area (Å²) in [5.74, 6) is -0.0100. The molecule has 0 N–H and O–H groups in total. The van der Waals surface area contributed by atoms with Gasteiger partial charge in [0.25, 0.3) is 0 Å². The van der Waals surface area contributed by atoms with Gasteiger partial charge in [0.15, 0.2) is 14.1 Å². The van der Waals surface area contributed by atoms with E-state index in [2.05, 4.69) is 38.8 Å². The van der Waals surface area contributed by atoms with E-state index in [9.17, 15) is 4.79 Å². The average Bonchev–Trinajstić information content (AvgIpc) is 2.25. The Bertz CT molecular complexity index is 436. The van der Waals surface area contributed by atoms with Gasteiger partial charge in [-0.2, -0.15) is 0 Å². The van der Waals surface area contributed by atoms with Crippen molar-refractivity contribution in [3.05, 3.63) is 29.6 Å². The Hall–Kier alpha value is -1.00. The Morgan fingerprint density at radius 1 is 1.33 bits per heavy atom.